The van der Waals surface area contributed by atoms with E-state index in [-0.39, 0.29) is 6.01 Å². The lowest BCUT2D eigenvalue weighted by Gasteiger charge is -2.25. The van der Waals surface area contributed by atoms with Crippen LogP contribution < -0.4 is 15.4 Å². The molecule has 0 saturated heterocycles. The molecule has 7 heteroatoms. The fourth-order valence-corrected chi connectivity index (χ4v) is 2.06. The van der Waals surface area contributed by atoms with Crippen molar-refractivity contribution in [2.24, 2.45) is 5.92 Å². The standard InChI is InChI=1S/C14H27N5O2/c1-6-7-15-11-17-12(19-13(18-11)21-5)16-9-14(4,20)8-10(2)3/h10,20H,6-9H2,1-5H3,(H2,15,16,17,18,19). The summed E-state index contributed by atoms with van der Waals surface area (Å²) in [5, 5.41) is 16.4. The van der Waals surface area contributed by atoms with Crippen LogP contribution >= 0.6 is 0 Å². The first-order valence-electron chi connectivity index (χ1n) is 7.36. The maximum atomic E-state index is 10.3. The van der Waals surface area contributed by atoms with Crippen molar-refractivity contribution < 1.29 is 9.84 Å². The number of methoxy groups -OCH3 is 1. The maximum absolute atomic E-state index is 10.3. The molecule has 0 spiro atoms. The van der Waals surface area contributed by atoms with Crippen LogP contribution in [0.1, 0.15) is 40.5 Å². The molecule has 120 valence electrons. The Labute approximate surface area is 126 Å². The van der Waals surface area contributed by atoms with E-state index in [0.29, 0.717) is 30.8 Å². The Balaban J connectivity index is 2.73. The Morgan fingerprint density at radius 1 is 1.19 bits per heavy atom. The fourth-order valence-electron chi connectivity index (χ4n) is 2.06. The van der Waals surface area contributed by atoms with Crippen LogP contribution in [-0.2, 0) is 0 Å². The molecule has 0 fully saturated rings. The molecule has 0 saturated carbocycles. The van der Waals surface area contributed by atoms with Crippen molar-refractivity contribution in [2.45, 2.75) is 46.1 Å². The second kappa shape index (κ2) is 7.97. The van der Waals surface area contributed by atoms with Gasteiger partial charge >= 0.3 is 6.01 Å². The van der Waals surface area contributed by atoms with Gasteiger partial charge < -0.3 is 20.5 Å². The van der Waals surface area contributed by atoms with E-state index in [0.717, 1.165) is 13.0 Å². The molecule has 1 aromatic heterocycles. The number of rotatable bonds is 9. The fraction of sp³-hybridized carbons (Fsp3) is 0.786. The number of nitrogens with one attached hydrogen (secondary N) is 2. The van der Waals surface area contributed by atoms with Gasteiger partial charge in [-0.05, 0) is 25.7 Å². The maximum Gasteiger partial charge on any atom is 0.322 e. The Hall–Kier alpha value is -1.63. The number of aliphatic hydroxyl groups is 1. The Morgan fingerprint density at radius 2 is 1.81 bits per heavy atom. The number of ether oxygens (including phenoxy) is 1. The van der Waals surface area contributed by atoms with Crippen LogP contribution in [0, 0.1) is 5.92 Å². The molecule has 0 aliphatic heterocycles. The molecule has 0 aliphatic carbocycles. The predicted molar refractivity (Wildman–Crippen MR) is 83.7 cm³/mol. The SMILES string of the molecule is CCCNc1nc(NCC(C)(O)CC(C)C)nc(OC)n1. The van der Waals surface area contributed by atoms with E-state index in [1.54, 1.807) is 6.92 Å². The van der Waals surface area contributed by atoms with E-state index >= 15 is 0 Å². The van der Waals surface area contributed by atoms with Gasteiger partial charge in [0.15, 0.2) is 0 Å². The molecule has 1 aromatic rings. The normalized spacial score (nSPS) is 13.9. The molecule has 1 rings (SSSR count). The summed E-state index contributed by atoms with van der Waals surface area (Å²) in [7, 11) is 1.51. The summed E-state index contributed by atoms with van der Waals surface area (Å²) in [4.78, 5) is 12.5. The Kier molecular flexibility index (Phi) is 6.61. The smallest absolute Gasteiger partial charge is 0.322 e. The first-order valence-corrected chi connectivity index (χ1v) is 7.36. The summed E-state index contributed by atoms with van der Waals surface area (Å²) < 4.78 is 5.07. The zero-order chi connectivity index (χ0) is 15.9. The lowest BCUT2D eigenvalue weighted by molar-refractivity contribution is 0.0513. The Morgan fingerprint density at radius 3 is 2.33 bits per heavy atom. The van der Waals surface area contributed by atoms with Gasteiger partial charge in [0.1, 0.15) is 0 Å². The zero-order valence-electron chi connectivity index (χ0n) is 13.6. The van der Waals surface area contributed by atoms with Crippen molar-refractivity contribution in [1.29, 1.82) is 0 Å². The van der Waals surface area contributed by atoms with Gasteiger partial charge in [-0.15, -0.1) is 0 Å². The zero-order valence-corrected chi connectivity index (χ0v) is 13.6. The second-order valence-electron chi connectivity index (χ2n) is 5.84. The van der Waals surface area contributed by atoms with Crippen LogP contribution in [0.2, 0.25) is 0 Å². The monoisotopic (exact) mass is 297 g/mol. The van der Waals surface area contributed by atoms with Gasteiger partial charge in [0, 0.05) is 13.1 Å². The second-order valence-corrected chi connectivity index (χ2v) is 5.84. The van der Waals surface area contributed by atoms with E-state index in [1.165, 1.54) is 7.11 Å². The van der Waals surface area contributed by atoms with Gasteiger partial charge in [-0.25, -0.2) is 0 Å². The molecule has 7 nitrogen and oxygen atoms in total. The van der Waals surface area contributed by atoms with Crippen LogP contribution in [0.5, 0.6) is 6.01 Å². The highest BCUT2D eigenvalue weighted by molar-refractivity contribution is 5.36. The lowest BCUT2D eigenvalue weighted by atomic mass is 9.94. The van der Waals surface area contributed by atoms with Crippen LogP contribution in [0.3, 0.4) is 0 Å². The molecular formula is C14H27N5O2. The molecule has 0 radical (unpaired) electrons. The van der Waals surface area contributed by atoms with Crippen LogP contribution in [-0.4, -0.2) is 45.9 Å². The molecule has 1 unspecified atom stereocenters. The minimum Gasteiger partial charge on any atom is -0.467 e. The third kappa shape index (κ3) is 6.57. The van der Waals surface area contributed by atoms with E-state index in [4.69, 9.17) is 4.74 Å². The quantitative estimate of drug-likeness (QED) is 0.641. The van der Waals surface area contributed by atoms with Crippen molar-refractivity contribution in [3.63, 3.8) is 0 Å². The topological polar surface area (TPSA) is 92.2 Å². The largest absolute Gasteiger partial charge is 0.467 e. The van der Waals surface area contributed by atoms with Gasteiger partial charge in [0.05, 0.1) is 12.7 Å². The molecule has 0 amide bonds. The predicted octanol–water partition coefficient (Wildman–Crippen LogP) is 1.91. The molecule has 1 heterocycles. The summed E-state index contributed by atoms with van der Waals surface area (Å²) in [5.41, 5.74) is -0.814. The summed E-state index contributed by atoms with van der Waals surface area (Å²) >= 11 is 0. The van der Waals surface area contributed by atoms with Gasteiger partial charge in [-0.1, -0.05) is 20.8 Å². The summed E-state index contributed by atoms with van der Waals surface area (Å²) in [5.74, 6) is 1.27. The number of aromatic nitrogens is 3. The van der Waals surface area contributed by atoms with Gasteiger partial charge in [0.2, 0.25) is 11.9 Å². The van der Waals surface area contributed by atoms with Crippen LogP contribution in [0.25, 0.3) is 0 Å². The lowest BCUT2D eigenvalue weighted by Crippen LogP contribution is -2.35. The number of hydrogen-bond donors (Lipinski definition) is 3. The number of nitrogens with zero attached hydrogens (tertiary/aromatic N) is 3. The van der Waals surface area contributed by atoms with E-state index < -0.39 is 5.60 Å². The highest BCUT2D eigenvalue weighted by Gasteiger charge is 2.22. The highest BCUT2D eigenvalue weighted by atomic mass is 16.5. The summed E-state index contributed by atoms with van der Waals surface area (Å²) in [6.07, 6.45) is 1.67. The third-order valence-corrected chi connectivity index (χ3v) is 2.81. The van der Waals surface area contributed by atoms with Gasteiger partial charge in [0.25, 0.3) is 0 Å². The van der Waals surface area contributed by atoms with Crippen molar-refractivity contribution in [2.75, 3.05) is 30.8 Å². The minimum atomic E-state index is -0.814. The molecule has 0 bridgehead atoms. The van der Waals surface area contributed by atoms with Crippen molar-refractivity contribution in [3.8, 4) is 6.01 Å². The van der Waals surface area contributed by atoms with Crippen molar-refractivity contribution >= 4 is 11.9 Å². The Bertz CT molecular complexity index is 437. The molecule has 0 aliphatic rings. The van der Waals surface area contributed by atoms with Gasteiger partial charge in [-0.2, -0.15) is 15.0 Å². The van der Waals surface area contributed by atoms with Crippen LogP contribution in [0.15, 0.2) is 0 Å². The molecule has 0 aromatic carbocycles. The average molecular weight is 297 g/mol. The van der Waals surface area contributed by atoms with E-state index in [9.17, 15) is 5.11 Å². The highest BCUT2D eigenvalue weighted by Crippen LogP contribution is 2.17. The van der Waals surface area contributed by atoms with Gasteiger partial charge in [-0.3, -0.25) is 0 Å². The van der Waals surface area contributed by atoms with E-state index in [1.807, 2.05) is 0 Å². The average Bonchev–Trinajstić information content (AvgIpc) is 2.41. The molecule has 3 N–H and O–H groups in total. The first-order chi connectivity index (χ1) is 9.86. The molecule has 21 heavy (non-hydrogen) atoms. The van der Waals surface area contributed by atoms with Crippen LogP contribution in [0.4, 0.5) is 11.9 Å². The first kappa shape index (κ1) is 17.4. The van der Waals surface area contributed by atoms with Crippen molar-refractivity contribution in [3.05, 3.63) is 0 Å². The molecular weight excluding hydrogens is 270 g/mol. The number of anilines is 2. The summed E-state index contributed by atoms with van der Waals surface area (Å²) in [6, 6.07) is 0.245. The summed E-state index contributed by atoms with van der Waals surface area (Å²) in [6.45, 7) is 9.16. The van der Waals surface area contributed by atoms with Crippen molar-refractivity contribution in [1.82, 2.24) is 15.0 Å². The molecule has 1 atom stereocenters. The minimum absolute atomic E-state index is 0.245. The number of hydrogen-bond acceptors (Lipinski definition) is 7. The van der Waals surface area contributed by atoms with E-state index in [2.05, 4.69) is 46.4 Å². The third-order valence-electron chi connectivity index (χ3n) is 2.81.